The predicted octanol–water partition coefficient (Wildman–Crippen LogP) is 1.92. The Balaban J connectivity index is 0.00000240. The van der Waals surface area contributed by atoms with Gasteiger partial charge in [0, 0.05) is 42.9 Å². The number of pyridine rings is 1. The minimum absolute atomic E-state index is 0. The number of piperidine rings is 1. The number of methoxy groups -OCH3 is 2. The molecule has 29 heavy (non-hydrogen) atoms. The van der Waals surface area contributed by atoms with E-state index >= 15 is 0 Å². The van der Waals surface area contributed by atoms with Gasteiger partial charge in [0.05, 0.1) is 14.2 Å². The highest BCUT2D eigenvalue weighted by Crippen LogP contribution is 2.31. The molecule has 2 aromatic rings. The second-order valence-electron chi connectivity index (χ2n) is 7.40. The number of fused-ring (bicyclic) bond motifs is 4. The van der Waals surface area contributed by atoms with Crippen molar-refractivity contribution in [2.75, 3.05) is 27.3 Å². The highest BCUT2D eigenvalue weighted by atomic mass is 35.5. The molecular formula is C21H26ClN3O4. The van der Waals surface area contributed by atoms with Crippen LogP contribution in [0.2, 0.25) is 0 Å². The molecule has 1 fully saturated rings. The van der Waals surface area contributed by atoms with Crippen LogP contribution in [-0.2, 0) is 13.1 Å². The molecule has 2 bridgehead atoms. The van der Waals surface area contributed by atoms with E-state index in [4.69, 9.17) is 9.47 Å². The van der Waals surface area contributed by atoms with Crippen LogP contribution in [0.3, 0.4) is 0 Å². The molecule has 2 atom stereocenters. The van der Waals surface area contributed by atoms with Crippen LogP contribution in [0, 0.1) is 5.92 Å². The zero-order valence-electron chi connectivity index (χ0n) is 16.6. The summed E-state index contributed by atoms with van der Waals surface area (Å²) in [7, 11) is 3.16. The van der Waals surface area contributed by atoms with E-state index in [1.165, 1.54) is 0 Å². The predicted molar refractivity (Wildman–Crippen MR) is 112 cm³/mol. The van der Waals surface area contributed by atoms with Gasteiger partial charge in [-0.25, -0.2) is 0 Å². The quantitative estimate of drug-likeness (QED) is 0.773. The van der Waals surface area contributed by atoms with Crippen LogP contribution in [0.25, 0.3) is 0 Å². The number of hydrogen-bond acceptors (Lipinski definition) is 5. The summed E-state index contributed by atoms with van der Waals surface area (Å²) in [6.45, 7) is 2.75. The Bertz CT molecular complexity index is 959. The lowest BCUT2D eigenvalue weighted by Crippen LogP contribution is -2.46. The summed E-state index contributed by atoms with van der Waals surface area (Å²) in [5, 5.41) is 6.27. The Labute approximate surface area is 175 Å². The topological polar surface area (TPSA) is 81.6 Å². The molecule has 1 aromatic carbocycles. The number of rotatable bonds is 5. The molecule has 156 valence electrons. The third-order valence-electron chi connectivity index (χ3n) is 5.69. The fourth-order valence-electron chi connectivity index (χ4n) is 4.23. The number of carbonyl (C=O) groups excluding carboxylic acids is 1. The maximum Gasteiger partial charge on any atom is 0.263 e. The van der Waals surface area contributed by atoms with E-state index in [0.29, 0.717) is 29.9 Å². The second-order valence-corrected chi connectivity index (χ2v) is 7.40. The van der Waals surface area contributed by atoms with Crippen LogP contribution >= 0.6 is 12.4 Å². The van der Waals surface area contributed by atoms with Gasteiger partial charge in [-0.15, -0.1) is 12.4 Å². The minimum atomic E-state index is -0.368. The Morgan fingerprint density at radius 2 is 2.03 bits per heavy atom. The van der Waals surface area contributed by atoms with E-state index in [1.54, 1.807) is 30.9 Å². The van der Waals surface area contributed by atoms with Crippen molar-refractivity contribution in [2.24, 2.45) is 5.92 Å². The number of hydrogen-bond donors (Lipinski definition) is 2. The summed E-state index contributed by atoms with van der Waals surface area (Å²) in [5.41, 5.74) is 1.83. The van der Waals surface area contributed by atoms with Crippen molar-refractivity contribution in [1.29, 1.82) is 0 Å². The van der Waals surface area contributed by atoms with E-state index in [0.717, 1.165) is 30.8 Å². The number of ether oxygens (including phenoxy) is 2. The first kappa shape index (κ1) is 21.2. The first-order chi connectivity index (χ1) is 13.6. The molecule has 0 spiro atoms. The fraction of sp³-hybridized carbons (Fsp3) is 0.429. The number of benzene rings is 1. The summed E-state index contributed by atoms with van der Waals surface area (Å²) >= 11 is 0. The molecule has 0 radical (unpaired) electrons. The monoisotopic (exact) mass is 419 g/mol. The molecule has 2 aliphatic rings. The van der Waals surface area contributed by atoms with Crippen LogP contribution in [0.1, 0.15) is 34.0 Å². The van der Waals surface area contributed by atoms with Crippen LogP contribution in [0.5, 0.6) is 11.5 Å². The first-order valence-corrected chi connectivity index (χ1v) is 9.54. The standard InChI is InChI=1S/C21H25N3O4.ClH/c1-27-16-4-3-14(19(8-16)28-2)11-23-20(25)17-5-6-18-15-7-13(9-22-10-15)12-24(18)21(17)26;/h3-6,8,13,15,22H,7,9-12H2,1-2H3,(H,23,25);1H/t13-,15+;/m0./s1. The molecular weight excluding hydrogens is 394 g/mol. The van der Waals surface area contributed by atoms with Crippen LogP contribution < -0.4 is 25.7 Å². The molecule has 1 aromatic heterocycles. The molecule has 4 rings (SSSR count). The number of nitrogens with one attached hydrogen (secondary N) is 2. The Morgan fingerprint density at radius 1 is 1.21 bits per heavy atom. The Morgan fingerprint density at radius 3 is 2.79 bits per heavy atom. The van der Waals surface area contributed by atoms with Gasteiger partial charge in [-0.1, -0.05) is 0 Å². The van der Waals surface area contributed by atoms with Crippen molar-refractivity contribution in [1.82, 2.24) is 15.2 Å². The highest BCUT2D eigenvalue weighted by Gasteiger charge is 2.31. The molecule has 2 N–H and O–H groups in total. The molecule has 1 saturated heterocycles. The van der Waals surface area contributed by atoms with Crippen LogP contribution in [0.4, 0.5) is 0 Å². The summed E-state index contributed by atoms with van der Waals surface area (Å²) in [6.07, 6.45) is 1.11. The average molecular weight is 420 g/mol. The van der Waals surface area contributed by atoms with Crippen molar-refractivity contribution in [2.45, 2.75) is 25.4 Å². The van der Waals surface area contributed by atoms with Crippen molar-refractivity contribution in [3.05, 3.63) is 57.5 Å². The molecule has 7 nitrogen and oxygen atoms in total. The zero-order chi connectivity index (χ0) is 19.7. The van der Waals surface area contributed by atoms with Crippen LogP contribution in [0.15, 0.2) is 35.1 Å². The zero-order valence-corrected chi connectivity index (χ0v) is 17.4. The fourth-order valence-corrected chi connectivity index (χ4v) is 4.23. The van der Waals surface area contributed by atoms with Crippen molar-refractivity contribution < 1.29 is 14.3 Å². The molecule has 8 heteroatoms. The number of amides is 1. The van der Waals surface area contributed by atoms with Gasteiger partial charge in [0.2, 0.25) is 0 Å². The first-order valence-electron chi connectivity index (χ1n) is 9.54. The van der Waals surface area contributed by atoms with Crippen molar-refractivity contribution >= 4 is 18.3 Å². The summed E-state index contributed by atoms with van der Waals surface area (Å²) < 4.78 is 12.3. The van der Waals surface area contributed by atoms with Gasteiger partial charge in [0.15, 0.2) is 0 Å². The van der Waals surface area contributed by atoms with Crippen molar-refractivity contribution in [3.63, 3.8) is 0 Å². The SMILES string of the molecule is COc1ccc(CNC(=O)c2ccc3n(c2=O)C[C@@H]2CNC[C@H]3C2)c(OC)c1.Cl. The normalized spacial score (nSPS) is 19.5. The second kappa shape index (κ2) is 8.88. The number of carbonyl (C=O) groups is 1. The molecule has 2 aliphatic heterocycles. The lowest BCUT2D eigenvalue weighted by molar-refractivity contribution is 0.0947. The maximum atomic E-state index is 12.9. The maximum absolute atomic E-state index is 12.9. The van der Waals surface area contributed by atoms with Crippen LogP contribution in [-0.4, -0.2) is 37.8 Å². The molecule has 0 unspecified atom stereocenters. The minimum Gasteiger partial charge on any atom is -0.497 e. The summed E-state index contributed by atoms with van der Waals surface area (Å²) in [4.78, 5) is 25.6. The van der Waals surface area contributed by atoms with Gasteiger partial charge in [-0.2, -0.15) is 0 Å². The highest BCUT2D eigenvalue weighted by molar-refractivity contribution is 5.93. The van der Waals surface area contributed by atoms with E-state index in [1.807, 2.05) is 18.2 Å². The Kier molecular flexibility index (Phi) is 6.49. The largest absolute Gasteiger partial charge is 0.497 e. The smallest absolute Gasteiger partial charge is 0.263 e. The van der Waals surface area contributed by atoms with Gasteiger partial charge in [0.25, 0.3) is 11.5 Å². The third kappa shape index (κ3) is 4.11. The van der Waals surface area contributed by atoms with E-state index in [-0.39, 0.29) is 36.0 Å². The number of nitrogens with zero attached hydrogens (tertiary/aromatic N) is 1. The molecule has 3 heterocycles. The third-order valence-corrected chi connectivity index (χ3v) is 5.69. The molecule has 0 saturated carbocycles. The number of aromatic nitrogens is 1. The van der Waals surface area contributed by atoms with Crippen molar-refractivity contribution in [3.8, 4) is 11.5 Å². The lowest BCUT2D eigenvalue weighted by atomic mass is 9.84. The van der Waals surface area contributed by atoms with E-state index < -0.39 is 0 Å². The molecule has 1 amide bonds. The van der Waals surface area contributed by atoms with Gasteiger partial charge >= 0.3 is 0 Å². The Hall–Kier alpha value is -2.51. The van der Waals surface area contributed by atoms with E-state index in [9.17, 15) is 9.59 Å². The van der Waals surface area contributed by atoms with Gasteiger partial charge in [-0.3, -0.25) is 9.59 Å². The molecule has 0 aliphatic carbocycles. The van der Waals surface area contributed by atoms with Gasteiger partial charge in [0.1, 0.15) is 17.1 Å². The van der Waals surface area contributed by atoms with Gasteiger partial charge in [-0.05, 0) is 43.1 Å². The lowest BCUT2D eigenvalue weighted by Gasteiger charge is -2.37. The summed E-state index contributed by atoms with van der Waals surface area (Å²) in [6, 6.07) is 9.00. The van der Waals surface area contributed by atoms with E-state index in [2.05, 4.69) is 10.6 Å². The summed E-state index contributed by atoms with van der Waals surface area (Å²) in [5.74, 6) is 1.74. The average Bonchev–Trinajstić information content (AvgIpc) is 2.73. The van der Waals surface area contributed by atoms with Gasteiger partial charge < -0.3 is 24.7 Å². The number of halogens is 1.